The van der Waals surface area contributed by atoms with Crippen molar-refractivity contribution in [3.8, 4) is 11.1 Å². The molecular formula is C15H9ClF6N4. The van der Waals surface area contributed by atoms with E-state index in [9.17, 15) is 26.3 Å². The Morgan fingerprint density at radius 2 is 1.69 bits per heavy atom. The summed E-state index contributed by atoms with van der Waals surface area (Å²) in [5, 5.41) is 5.49. The van der Waals surface area contributed by atoms with Crippen LogP contribution in [0.5, 0.6) is 0 Å². The predicted octanol–water partition coefficient (Wildman–Crippen LogP) is 4.83. The van der Waals surface area contributed by atoms with Crippen LogP contribution in [0.2, 0.25) is 5.15 Å². The van der Waals surface area contributed by atoms with Gasteiger partial charge in [-0.3, -0.25) is 0 Å². The average Bonchev–Trinajstić information content (AvgIpc) is 2.96. The van der Waals surface area contributed by atoms with Gasteiger partial charge in [-0.15, -0.1) is 0 Å². The largest absolute Gasteiger partial charge is 0.408 e. The first-order valence-corrected chi connectivity index (χ1v) is 7.47. The maximum atomic E-state index is 14.2. The molecule has 0 saturated carbocycles. The minimum Gasteiger partial charge on any atom is -0.373 e. The maximum absolute atomic E-state index is 14.2. The molecule has 138 valence electrons. The smallest absolute Gasteiger partial charge is 0.373 e. The van der Waals surface area contributed by atoms with Gasteiger partial charge in [-0.1, -0.05) is 11.6 Å². The fourth-order valence-corrected chi connectivity index (χ4v) is 2.69. The lowest BCUT2D eigenvalue weighted by Crippen LogP contribution is -2.33. The number of nitrogens with one attached hydrogen (secondary N) is 1. The third-order valence-corrected chi connectivity index (χ3v) is 3.98. The number of anilines is 1. The molecule has 26 heavy (non-hydrogen) atoms. The van der Waals surface area contributed by atoms with E-state index in [-0.39, 0.29) is 16.5 Å². The van der Waals surface area contributed by atoms with Gasteiger partial charge in [-0.05, 0) is 6.92 Å². The summed E-state index contributed by atoms with van der Waals surface area (Å²) in [6.45, 7) is 0.822. The molecule has 0 amide bonds. The molecule has 0 aliphatic carbocycles. The minimum absolute atomic E-state index is 0.0542. The van der Waals surface area contributed by atoms with Crippen LogP contribution in [0.25, 0.3) is 16.8 Å². The number of hydrogen-bond donors (Lipinski definition) is 1. The van der Waals surface area contributed by atoms with Crippen LogP contribution >= 0.6 is 11.6 Å². The zero-order chi connectivity index (χ0) is 19.2. The van der Waals surface area contributed by atoms with Crippen LogP contribution < -0.4 is 5.32 Å². The van der Waals surface area contributed by atoms with E-state index in [2.05, 4.69) is 15.4 Å². The van der Waals surface area contributed by atoms with Gasteiger partial charge in [0.25, 0.3) is 0 Å². The summed E-state index contributed by atoms with van der Waals surface area (Å²) in [6, 6.07) is -0.151. The van der Waals surface area contributed by atoms with Gasteiger partial charge in [0.05, 0.1) is 5.56 Å². The second-order valence-electron chi connectivity index (χ2n) is 5.41. The van der Waals surface area contributed by atoms with Crippen molar-refractivity contribution >= 4 is 22.9 Å². The standard InChI is InChI=1S/C15H9ClF6N4/c1-6(15(20,21)22)25-10-4-11-23-5-24-26(11)14(16)13(10)12-8(18)2-7(17)3-9(12)19/h2-6,25H,1H3/t6-/m0/s1. The van der Waals surface area contributed by atoms with Crippen molar-refractivity contribution in [3.05, 3.63) is 47.1 Å². The van der Waals surface area contributed by atoms with E-state index in [0.717, 1.165) is 23.8 Å². The maximum Gasteiger partial charge on any atom is 0.408 e. The first kappa shape index (κ1) is 18.3. The van der Waals surface area contributed by atoms with E-state index in [1.807, 2.05) is 0 Å². The molecule has 0 spiro atoms. The van der Waals surface area contributed by atoms with Crippen LogP contribution in [0.1, 0.15) is 6.92 Å². The zero-order valence-corrected chi connectivity index (χ0v) is 13.6. The van der Waals surface area contributed by atoms with Crippen LogP contribution in [-0.4, -0.2) is 26.8 Å². The van der Waals surface area contributed by atoms with E-state index < -0.39 is 40.8 Å². The Morgan fingerprint density at radius 1 is 1.08 bits per heavy atom. The topological polar surface area (TPSA) is 42.2 Å². The van der Waals surface area contributed by atoms with Gasteiger partial charge in [-0.25, -0.2) is 22.7 Å². The van der Waals surface area contributed by atoms with Crippen molar-refractivity contribution in [2.45, 2.75) is 19.1 Å². The van der Waals surface area contributed by atoms with Crippen molar-refractivity contribution in [1.29, 1.82) is 0 Å². The van der Waals surface area contributed by atoms with Gasteiger partial charge >= 0.3 is 6.18 Å². The third-order valence-electron chi connectivity index (χ3n) is 3.63. The highest BCUT2D eigenvalue weighted by Gasteiger charge is 2.37. The Hall–Kier alpha value is -2.49. The first-order chi connectivity index (χ1) is 12.1. The number of fused-ring (bicyclic) bond motifs is 1. The van der Waals surface area contributed by atoms with E-state index in [4.69, 9.17) is 11.6 Å². The summed E-state index contributed by atoms with van der Waals surface area (Å²) in [5.74, 6) is -3.84. The van der Waals surface area contributed by atoms with Crippen LogP contribution in [0.3, 0.4) is 0 Å². The van der Waals surface area contributed by atoms with Gasteiger partial charge in [0.15, 0.2) is 5.65 Å². The summed E-state index contributed by atoms with van der Waals surface area (Å²) in [6.07, 6.45) is -3.57. The van der Waals surface area contributed by atoms with Gasteiger partial charge in [-0.2, -0.15) is 18.3 Å². The molecule has 11 heteroatoms. The van der Waals surface area contributed by atoms with Crippen LogP contribution in [-0.2, 0) is 0 Å². The SMILES string of the molecule is C[C@H](Nc1cc2ncnn2c(Cl)c1-c1c(F)cc(F)cc1F)C(F)(F)F. The molecule has 1 aromatic carbocycles. The predicted molar refractivity (Wildman–Crippen MR) is 82.4 cm³/mol. The number of benzene rings is 1. The van der Waals surface area contributed by atoms with E-state index in [1.54, 1.807) is 0 Å². The monoisotopic (exact) mass is 394 g/mol. The molecule has 0 fully saturated rings. The third kappa shape index (κ3) is 3.16. The van der Waals surface area contributed by atoms with E-state index >= 15 is 0 Å². The van der Waals surface area contributed by atoms with Crippen molar-refractivity contribution in [2.24, 2.45) is 0 Å². The zero-order valence-electron chi connectivity index (χ0n) is 12.9. The Morgan fingerprint density at radius 3 is 2.27 bits per heavy atom. The second-order valence-corrected chi connectivity index (χ2v) is 5.76. The second kappa shape index (κ2) is 6.35. The number of pyridine rings is 1. The molecule has 3 rings (SSSR count). The van der Waals surface area contributed by atoms with Crippen molar-refractivity contribution in [2.75, 3.05) is 5.32 Å². The van der Waals surface area contributed by atoms with Crippen molar-refractivity contribution in [1.82, 2.24) is 14.6 Å². The fraction of sp³-hybridized carbons (Fsp3) is 0.200. The lowest BCUT2D eigenvalue weighted by atomic mass is 10.0. The fourth-order valence-electron chi connectivity index (χ4n) is 2.37. The van der Waals surface area contributed by atoms with Crippen LogP contribution in [0, 0.1) is 17.5 Å². The van der Waals surface area contributed by atoms with Crippen LogP contribution in [0.4, 0.5) is 32.0 Å². The molecule has 2 heterocycles. The molecule has 0 aliphatic heterocycles. The molecular weight excluding hydrogens is 386 g/mol. The number of hydrogen-bond acceptors (Lipinski definition) is 3. The molecule has 0 saturated heterocycles. The van der Waals surface area contributed by atoms with Gasteiger partial charge in [0.1, 0.15) is 35.0 Å². The Kier molecular flexibility index (Phi) is 4.47. The summed E-state index contributed by atoms with van der Waals surface area (Å²) < 4.78 is 81.3. The highest BCUT2D eigenvalue weighted by Crippen LogP contribution is 2.40. The minimum atomic E-state index is -4.64. The molecule has 3 aromatic rings. The van der Waals surface area contributed by atoms with Crippen molar-refractivity contribution < 1.29 is 26.3 Å². The number of aromatic nitrogens is 3. The molecule has 2 aromatic heterocycles. The highest BCUT2D eigenvalue weighted by atomic mass is 35.5. The summed E-state index contributed by atoms with van der Waals surface area (Å²) >= 11 is 6.12. The number of halogens is 7. The summed E-state index contributed by atoms with van der Waals surface area (Å²) in [7, 11) is 0. The lowest BCUT2D eigenvalue weighted by molar-refractivity contribution is -0.138. The Bertz CT molecular complexity index is 961. The molecule has 0 radical (unpaired) electrons. The summed E-state index contributed by atoms with van der Waals surface area (Å²) in [4.78, 5) is 3.80. The molecule has 1 atom stereocenters. The summed E-state index contributed by atoms with van der Waals surface area (Å²) in [5.41, 5.74) is -1.50. The number of alkyl halides is 3. The Labute approximate surface area is 147 Å². The number of rotatable bonds is 3. The molecule has 0 unspecified atom stereocenters. The average molecular weight is 395 g/mol. The van der Waals surface area contributed by atoms with Gasteiger partial charge in [0, 0.05) is 29.4 Å². The van der Waals surface area contributed by atoms with E-state index in [0.29, 0.717) is 12.1 Å². The Balaban J connectivity index is 2.29. The van der Waals surface area contributed by atoms with E-state index in [1.165, 1.54) is 0 Å². The quantitative estimate of drug-likeness (QED) is 0.511. The van der Waals surface area contributed by atoms with Crippen LogP contribution in [0.15, 0.2) is 24.5 Å². The van der Waals surface area contributed by atoms with Crippen molar-refractivity contribution in [3.63, 3.8) is 0 Å². The highest BCUT2D eigenvalue weighted by molar-refractivity contribution is 6.33. The first-order valence-electron chi connectivity index (χ1n) is 7.10. The molecule has 1 N–H and O–H groups in total. The van der Waals surface area contributed by atoms with Gasteiger partial charge < -0.3 is 5.32 Å². The number of nitrogens with zero attached hydrogens (tertiary/aromatic N) is 3. The van der Waals surface area contributed by atoms with Gasteiger partial charge in [0.2, 0.25) is 0 Å². The molecule has 0 bridgehead atoms. The lowest BCUT2D eigenvalue weighted by Gasteiger charge is -2.22. The molecule has 4 nitrogen and oxygen atoms in total. The molecule has 0 aliphatic rings. The normalized spacial score (nSPS) is 13.2.